The topological polar surface area (TPSA) is 53.6 Å². The molecule has 0 bridgehead atoms. The highest BCUT2D eigenvalue weighted by atomic mass is 19.1. The number of hydrogen-bond donors (Lipinski definition) is 2. The van der Waals surface area contributed by atoms with Crippen LogP contribution in [-0.4, -0.2) is 28.8 Å². The SMILES string of the molecule is CNCCc1nc(-c2cccc(F)c2)n[nH]1. The first-order valence-electron chi connectivity index (χ1n) is 5.11. The number of aromatic amines is 1. The molecule has 2 rings (SSSR count). The lowest BCUT2D eigenvalue weighted by Crippen LogP contribution is -2.11. The van der Waals surface area contributed by atoms with Crippen molar-refractivity contribution in [2.75, 3.05) is 13.6 Å². The summed E-state index contributed by atoms with van der Waals surface area (Å²) < 4.78 is 13.0. The van der Waals surface area contributed by atoms with Crippen LogP contribution in [0, 0.1) is 5.82 Å². The summed E-state index contributed by atoms with van der Waals surface area (Å²) in [5, 5.41) is 9.91. The van der Waals surface area contributed by atoms with Crippen LogP contribution in [-0.2, 0) is 6.42 Å². The highest BCUT2D eigenvalue weighted by Gasteiger charge is 2.05. The van der Waals surface area contributed by atoms with Gasteiger partial charge in [0.15, 0.2) is 5.82 Å². The second-order valence-electron chi connectivity index (χ2n) is 3.47. The van der Waals surface area contributed by atoms with E-state index in [-0.39, 0.29) is 5.82 Å². The fourth-order valence-corrected chi connectivity index (χ4v) is 1.41. The Morgan fingerprint density at radius 1 is 1.44 bits per heavy atom. The standard InChI is InChI=1S/C11H13FN4/c1-13-6-5-10-14-11(16-15-10)8-3-2-4-9(12)7-8/h2-4,7,13H,5-6H2,1H3,(H,14,15,16). The zero-order valence-corrected chi connectivity index (χ0v) is 9.00. The molecular formula is C11H13FN4. The van der Waals surface area contributed by atoms with Gasteiger partial charge in [-0.2, -0.15) is 5.10 Å². The van der Waals surface area contributed by atoms with Gasteiger partial charge in [0.25, 0.3) is 0 Å². The summed E-state index contributed by atoms with van der Waals surface area (Å²) in [6.45, 7) is 0.831. The quantitative estimate of drug-likeness (QED) is 0.818. The van der Waals surface area contributed by atoms with Crippen molar-refractivity contribution in [2.45, 2.75) is 6.42 Å². The molecule has 0 amide bonds. The molecule has 0 fully saturated rings. The first kappa shape index (κ1) is 10.8. The molecule has 84 valence electrons. The molecule has 0 unspecified atom stereocenters. The Morgan fingerprint density at radius 2 is 2.31 bits per heavy atom. The summed E-state index contributed by atoms with van der Waals surface area (Å²) in [6, 6.07) is 6.26. The normalized spacial score (nSPS) is 10.6. The first-order chi connectivity index (χ1) is 7.79. The predicted octanol–water partition coefficient (Wildman–Crippen LogP) is 1.37. The molecule has 0 saturated carbocycles. The monoisotopic (exact) mass is 220 g/mol. The summed E-state index contributed by atoms with van der Waals surface area (Å²) in [7, 11) is 1.88. The molecule has 1 aromatic carbocycles. The van der Waals surface area contributed by atoms with E-state index >= 15 is 0 Å². The Hall–Kier alpha value is -1.75. The largest absolute Gasteiger partial charge is 0.319 e. The van der Waals surface area contributed by atoms with Gasteiger partial charge in [-0.25, -0.2) is 9.37 Å². The van der Waals surface area contributed by atoms with E-state index in [1.807, 2.05) is 7.05 Å². The van der Waals surface area contributed by atoms with Gasteiger partial charge in [0.1, 0.15) is 11.6 Å². The summed E-state index contributed by atoms with van der Waals surface area (Å²) in [5.41, 5.74) is 0.687. The Bertz CT molecular complexity index is 467. The maximum absolute atomic E-state index is 13.0. The highest BCUT2D eigenvalue weighted by Crippen LogP contribution is 2.15. The minimum Gasteiger partial charge on any atom is -0.319 e. The van der Waals surface area contributed by atoms with Crippen molar-refractivity contribution in [1.29, 1.82) is 0 Å². The molecule has 0 radical (unpaired) electrons. The van der Waals surface area contributed by atoms with Crippen molar-refractivity contribution in [3.63, 3.8) is 0 Å². The number of nitrogens with one attached hydrogen (secondary N) is 2. The fourth-order valence-electron chi connectivity index (χ4n) is 1.41. The van der Waals surface area contributed by atoms with E-state index in [0.717, 1.165) is 18.8 Å². The van der Waals surface area contributed by atoms with Crippen molar-refractivity contribution >= 4 is 0 Å². The average molecular weight is 220 g/mol. The van der Waals surface area contributed by atoms with Crippen LogP contribution in [0.4, 0.5) is 4.39 Å². The highest BCUT2D eigenvalue weighted by molar-refractivity contribution is 5.54. The Kier molecular flexibility index (Phi) is 3.26. The van der Waals surface area contributed by atoms with Crippen LogP contribution in [0.1, 0.15) is 5.82 Å². The molecule has 0 atom stereocenters. The third-order valence-corrected chi connectivity index (χ3v) is 2.23. The number of H-pyrrole nitrogens is 1. The number of aromatic nitrogens is 3. The lowest BCUT2D eigenvalue weighted by Gasteiger charge is -1.94. The van der Waals surface area contributed by atoms with Gasteiger partial charge in [-0.1, -0.05) is 12.1 Å². The van der Waals surface area contributed by atoms with Gasteiger partial charge in [-0.05, 0) is 19.2 Å². The maximum atomic E-state index is 13.0. The average Bonchev–Trinajstić information content (AvgIpc) is 2.75. The minimum absolute atomic E-state index is 0.279. The van der Waals surface area contributed by atoms with Crippen LogP contribution in [0.2, 0.25) is 0 Å². The summed E-state index contributed by atoms with van der Waals surface area (Å²) in [6.07, 6.45) is 0.777. The second kappa shape index (κ2) is 4.85. The van der Waals surface area contributed by atoms with E-state index in [1.54, 1.807) is 12.1 Å². The Balaban J connectivity index is 2.18. The van der Waals surface area contributed by atoms with Crippen LogP contribution in [0.15, 0.2) is 24.3 Å². The summed E-state index contributed by atoms with van der Waals surface area (Å²) in [5.74, 6) is 1.05. The summed E-state index contributed by atoms with van der Waals surface area (Å²) >= 11 is 0. The van der Waals surface area contributed by atoms with E-state index in [2.05, 4.69) is 20.5 Å². The van der Waals surface area contributed by atoms with E-state index in [4.69, 9.17) is 0 Å². The van der Waals surface area contributed by atoms with E-state index in [0.29, 0.717) is 11.4 Å². The van der Waals surface area contributed by atoms with Gasteiger partial charge in [0, 0.05) is 18.5 Å². The number of halogens is 1. The molecule has 0 aliphatic rings. The van der Waals surface area contributed by atoms with Crippen molar-refractivity contribution < 1.29 is 4.39 Å². The van der Waals surface area contributed by atoms with Gasteiger partial charge in [-0.3, -0.25) is 5.10 Å². The fraction of sp³-hybridized carbons (Fsp3) is 0.273. The maximum Gasteiger partial charge on any atom is 0.181 e. The van der Waals surface area contributed by atoms with E-state index < -0.39 is 0 Å². The third kappa shape index (κ3) is 2.43. The number of hydrogen-bond acceptors (Lipinski definition) is 3. The van der Waals surface area contributed by atoms with Crippen molar-refractivity contribution in [3.8, 4) is 11.4 Å². The molecule has 5 heteroatoms. The Labute approximate surface area is 92.9 Å². The molecule has 0 saturated heterocycles. The molecule has 4 nitrogen and oxygen atoms in total. The van der Waals surface area contributed by atoms with Crippen LogP contribution in [0.5, 0.6) is 0 Å². The first-order valence-corrected chi connectivity index (χ1v) is 5.11. The van der Waals surface area contributed by atoms with Crippen LogP contribution >= 0.6 is 0 Å². The third-order valence-electron chi connectivity index (χ3n) is 2.23. The molecule has 2 N–H and O–H groups in total. The second-order valence-corrected chi connectivity index (χ2v) is 3.47. The van der Waals surface area contributed by atoms with Crippen LogP contribution < -0.4 is 5.32 Å². The molecule has 1 aromatic heterocycles. The van der Waals surface area contributed by atoms with E-state index in [9.17, 15) is 4.39 Å². The molecule has 16 heavy (non-hydrogen) atoms. The van der Waals surface area contributed by atoms with Gasteiger partial charge >= 0.3 is 0 Å². The van der Waals surface area contributed by atoms with Crippen molar-refractivity contribution in [3.05, 3.63) is 35.9 Å². The van der Waals surface area contributed by atoms with Crippen LogP contribution in [0.3, 0.4) is 0 Å². The van der Waals surface area contributed by atoms with Crippen molar-refractivity contribution in [2.24, 2.45) is 0 Å². The van der Waals surface area contributed by atoms with E-state index in [1.165, 1.54) is 12.1 Å². The molecule has 1 heterocycles. The van der Waals surface area contributed by atoms with Gasteiger partial charge in [0.05, 0.1) is 0 Å². The zero-order chi connectivity index (χ0) is 11.4. The molecule has 0 aliphatic carbocycles. The summed E-state index contributed by atoms with van der Waals surface area (Å²) in [4.78, 5) is 4.29. The lowest BCUT2D eigenvalue weighted by atomic mass is 10.2. The molecule has 0 spiro atoms. The number of likely N-dealkylation sites (N-methyl/N-ethyl adjacent to an activating group) is 1. The zero-order valence-electron chi connectivity index (χ0n) is 9.00. The minimum atomic E-state index is -0.279. The predicted molar refractivity (Wildman–Crippen MR) is 59.4 cm³/mol. The number of rotatable bonds is 4. The van der Waals surface area contributed by atoms with Gasteiger partial charge < -0.3 is 5.32 Å². The smallest absolute Gasteiger partial charge is 0.181 e. The number of benzene rings is 1. The lowest BCUT2D eigenvalue weighted by molar-refractivity contribution is 0.628. The molecular weight excluding hydrogens is 207 g/mol. The molecule has 2 aromatic rings. The number of nitrogens with zero attached hydrogens (tertiary/aromatic N) is 2. The molecule has 0 aliphatic heterocycles. The van der Waals surface area contributed by atoms with Gasteiger partial charge in [-0.15, -0.1) is 0 Å². The Morgan fingerprint density at radius 3 is 3.06 bits per heavy atom. The van der Waals surface area contributed by atoms with Crippen molar-refractivity contribution in [1.82, 2.24) is 20.5 Å². The van der Waals surface area contributed by atoms with Gasteiger partial charge in [0.2, 0.25) is 0 Å². The van der Waals surface area contributed by atoms with Crippen LogP contribution in [0.25, 0.3) is 11.4 Å².